The van der Waals surface area contributed by atoms with Gasteiger partial charge in [0, 0.05) is 17.5 Å². The van der Waals surface area contributed by atoms with Crippen molar-refractivity contribution in [1.82, 2.24) is 4.98 Å². The fourth-order valence-corrected chi connectivity index (χ4v) is 2.92. The van der Waals surface area contributed by atoms with Crippen molar-refractivity contribution in [3.63, 3.8) is 0 Å². The molecule has 0 fully saturated rings. The summed E-state index contributed by atoms with van der Waals surface area (Å²) in [5, 5.41) is 8.61. The predicted molar refractivity (Wildman–Crippen MR) is 81.0 cm³/mol. The second-order valence-corrected chi connectivity index (χ2v) is 5.51. The second kappa shape index (κ2) is 6.08. The molecule has 3 nitrogen and oxygen atoms in total. The number of nitrogens with one attached hydrogen (secondary N) is 1. The molecule has 0 unspecified atom stereocenters. The van der Waals surface area contributed by atoms with Crippen molar-refractivity contribution in [2.45, 2.75) is 17.7 Å². The van der Waals surface area contributed by atoms with Crippen LogP contribution in [0.3, 0.4) is 0 Å². The molecule has 0 atom stereocenters. The van der Waals surface area contributed by atoms with Gasteiger partial charge in [0.2, 0.25) is 0 Å². The van der Waals surface area contributed by atoms with Crippen LogP contribution in [0.1, 0.15) is 16.7 Å². The third-order valence-corrected chi connectivity index (χ3v) is 4.16. The average molecular weight is 292 g/mol. The molecule has 5 heteroatoms. The van der Waals surface area contributed by atoms with E-state index in [-0.39, 0.29) is 5.84 Å². The number of nitrogen functional groups attached to an aromatic ring is 1. The molecule has 0 aliphatic carbocycles. The molecule has 19 heavy (non-hydrogen) atoms. The third kappa shape index (κ3) is 3.49. The summed E-state index contributed by atoms with van der Waals surface area (Å²) in [4.78, 5) is 4.24. The van der Waals surface area contributed by atoms with Gasteiger partial charge in [-0.15, -0.1) is 11.8 Å². The summed E-state index contributed by atoms with van der Waals surface area (Å²) in [6, 6.07) is 9.96. The Bertz CT molecular complexity index is 613. The van der Waals surface area contributed by atoms with Crippen LogP contribution in [0.5, 0.6) is 0 Å². The highest BCUT2D eigenvalue weighted by Crippen LogP contribution is 2.30. The smallest absolute Gasteiger partial charge is 0.124 e. The van der Waals surface area contributed by atoms with Gasteiger partial charge in [0.1, 0.15) is 10.9 Å². The molecule has 98 valence electrons. The van der Waals surface area contributed by atoms with Gasteiger partial charge in [-0.25, -0.2) is 4.98 Å². The number of amidine groups is 1. The van der Waals surface area contributed by atoms with E-state index in [9.17, 15) is 0 Å². The normalized spacial score (nSPS) is 10.4. The predicted octanol–water partition coefficient (Wildman–Crippen LogP) is 3.62. The maximum atomic E-state index is 7.45. The first-order valence-corrected chi connectivity index (χ1v) is 7.11. The lowest BCUT2D eigenvalue weighted by Crippen LogP contribution is -2.12. The van der Waals surface area contributed by atoms with Crippen LogP contribution in [0.25, 0.3) is 0 Å². The minimum Gasteiger partial charge on any atom is -0.384 e. The number of nitrogens with two attached hydrogens (primary N) is 1. The molecule has 1 aromatic heterocycles. The molecular weight excluding hydrogens is 278 g/mol. The maximum Gasteiger partial charge on any atom is 0.124 e. The second-order valence-electron chi connectivity index (χ2n) is 4.17. The van der Waals surface area contributed by atoms with Gasteiger partial charge in [0.25, 0.3) is 0 Å². The molecule has 2 rings (SSSR count). The van der Waals surface area contributed by atoms with E-state index in [0.717, 1.165) is 5.75 Å². The van der Waals surface area contributed by atoms with E-state index in [1.807, 2.05) is 6.07 Å². The molecular formula is C14H14ClN3S. The molecule has 3 N–H and O–H groups in total. The Balaban J connectivity index is 2.16. The highest BCUT2D eigenvalue weighted by atomic mass is 35.5. The summed E-state index contributed by atoms with van der Waals surface area (Å²) in [6.07, 6.45) is 1.63. The number of benzene rings is 1. The topological polar surface area (TPSA) is 62.8 Å². The maximum absolute atomic E-state index is 7.45. The van der Waals surface area contributed by atoms with Gasteiger partial charge in [-0.1, -0.05) is 41.4 Å². The monoisotopic (exact) mass is 291 g/mol. The number of hydrogen-bond donors (Lipinski definition) is 2. The number of hydrogen-bond acceptors (Lipinski definition) is 3. The van der Waals surface area contributed by atoms with Crippen LogP contribution in [0.4, 0.5) is 0 Å². The zero-order valence-electron chi connectivity index (χ0n) is 10.5. The molecule has 0 aliphatic heterocycles. The number of aryl methyl sites for hydroxylation is 1. The number of rotatable bonds is 4. The van der Waals surface area contributed by atoms with Crippen molar-refractivity contribution >= 4 is 29.2 Å². The van der Waals surface area contributed by atoms with Gasteiger partial charge in [0.15, 0.2) is 0 Å². The van der Waals surface area contributed by atoms with Crippen molar-refractivity contribution in [3.8, 4) is 0 Å². The zero-order valence-corrected chi connectivity index (χ0v) is 12.1. The molecule has 0 saturated heterocycles. The van der Waals surface area contributed by atoms with Gasteiger partial charge in [-0.05, 0) is 18.6 Å². The van der Waals surface area contributed by atoms with Crippen LogP contribution in [0.2, 0.25) is 5.02 Å². The fraction of sp³-hybridized carbons (Fsp3) is 0.143. The van der Waals surface area contributed by atoms with Crippen molar-refractivity contribution in [1.29, 1.82) is 5.41 Å². The van der Waals surface area contributed by atoms with E-state index in [2.05, 4.69) is 30.1 Å². The Morgan fingerprint density at radius 1 is 1.42 bits per heavy atom. The van der Waals surface area contributed by atoms with Crippen LogP contribution in [-0.4, -0.2) is 10.8 Å². The van der Waals surface area contributed by atoms with E-state index >= 15 is 0 Å². The third-order valence-electron chi connectivity index (χ3n) is 2.61. The van der Waals surface area contributed by atoms with Crippen molar-refractivity contribution in [2.75, 3.05) is 0 Å². The molecule has 1 heterocycles. The average Bonchev–Trinajstić information content (AvgIpc) is 2.37. The Morgan fingerprint density at radius 3 is 2.89 bits per heavy atom. The number of thioether (sulfide) groups is 1. The summed E-state index contributed by atoms with van der Waals surface area (Å²) in [5.74, 6) is 0.750. The molecule has 0 spiro atoms. The highest BCUT2D eigenvalue weighted by molar-refractivity contribution is 7.98. The summed E-state index contributed by atoms with van der Waals surface area (Å²) in [5.41, 5.74) is 8.45. The molecule has 0 aliphatic rings. The number of halogens is 1. The quantitative estimate of drug-likeness (QED) is 0.514. The van der Waals surface area contributed by atoms with Crippen molar-refractivity contribution in [3.05, 3.63) is 58.2 Å². The van der Waals surface area contributed by atoms with Crippen LogP contribution in [0.15, 0.2) is 41.6 Å². The lowest BCUT2D eigenvalue weighted by Gasteiger charge is -2.07. The molecule has 1 aromatic carbocycles. The van der Waals surface area contributed by atoms with Crippen LogP contribution in [-0.2, 0) is 5.75 Å². The van der Waals surface area contributed by atoms with Crippen LogP contribution in [0, 0.1) is 12.3 Å². The van der Waals surface area contributed by atoms with Gasteiger partial charge in [-0.2, -0.15) is 0 Å². The first-order valence-electron chi connectivity index (χ1n) is 5.75. The van der Waals surface area contributed by atoms with Gasteiger partial charge < -0.3 is 5.73 Å². The van der Waals surface area contributed by atoms with E-state index in [1.54, 1.807) is 24.0 Å². The Kier molecular flexibility index (Phi) is 4.45. The van der Waals surface area contributed by atoms with E-state index in [1.165, 1.54) is 11.1 Å². The van der Waals surface area contributed by atoms with Gasteiger partial charge in [-0.3, -0.25) is 5.41 Å². The summed E-state index contributed by atoms with van der Waals surface area (Å²) >= 11 is 7.74. The molecule has 0 bridgehead atoms. The van der Waals surface area contributed by atoms with Crippen LogP contribution >= 0.6 is 23.4 Å². The highest BCUT2D eigenvalue weighted by Gasteiger charge is 2.10. The summed E-state index contributed by atoms with van der Waals surface area (Å²) in [6.45, 7) is 2.07. The number of pyridine rings is 1. The minimum absolute atomic E-state index is 0.0372. The minimum atomic E-state index is -0.0372. The first-order chi connectivity index (χ1) is 9.08. The largest absolute Gasteiger partial charge is 0.384 e. The van der Waals surface area contributed by atoms with E-state index < -0.39 is 0 Å². The number of nitrogens with zero attached hydrogens (tertiary/aromatic N) is 1. The summed E-state index contributed by atoms with van der Waals surface area (Å²) < 4.78 is 0. The fourth-order valence-electron chi connectivity index (χ4n) is 1.69. The Morgan fingerprint density at radius 2 is 2.21 bits per heavy atom. The zero-order chi connectivity index (χ0) is 13.8. The van der Waals surface area contributed by atoms with E-state index in [4.69, 9.17) is 22.7 Å². The van der Waals surface area contributed by atoms with Crippen molar-refractivity contribution in [2.24, 2.45) is 5.73 Å². The Labute approximate surface area is 121 Å². The molecule has 0 amide bonds. The molecule has 0 radical (unpaired) electrons. The Hall–Kier alpha value is -1.52. The SMILES string of the molecule is Cc1cccc(CSc2nccc(C(=N)N)c2Cl)c1. The van der Waals surface area contributed by atoms with E-state index in [0.29, 0.717) is 15.6 Å². The molecule has 0 saturated carbocycles. The number of aromatic nitrogens is 1. The lowest BCUT2D eigenvalue weighted by molar-refractivity contribution is 1.12. The standard InChI is InChI=1S/C14H14ClN3S/c1-9-3-2-4-10(7-9)8-19-14-12(15)11(13(16)17)5-6-18-14/h2-7H,8H2,1H3,(H3,16,17). The van der Waals surface area contributed by atoms with Crippen molar-refractivity contribution < 1.29 is 0 Å². The van der Waals surface area contributed by atoms with Crippen LogP contribution < -0.4 is 5.73 Å². The van der Waals surface area contributed by atoms with Gasteiger partial charge in [0.05, 0.1) is 5.02 Å². The lowest BCUT2D eigenvalue weighted by atomic mass is 10.2. The van der Waals surface area contributed by atoms with Gasteiger partial charge >= 0.3 is 0 Å². The first kappa shape index (κ1) is 13.9. The molecule has 2 aromatic rings. The summed E-state index contributed by atoms with van der Waals surface area (Å²) in [7, 11) is 0.